The Labute approximate surface area is 163 Å². The van der Waals surface area contributed by atoms with Gasteiger partial charge in [0.1, 0.15) is 0 Å². The number of benzene rings is 1. The molecule has 1 saturated heterocycles. The molecule has 0 spiro atoms. The second-order valence-electron chi connectivity index (χ2n) is 7.01. The average Bonchev–Trinajstić information content (AvgIpc) is 3.33. The lowest BCUT2D eigenvalue weighted by Gasteiger charge is -2.34. The first-order valence-electron chi connectivity index (χ1n) is 9.26. The summed E-state index contributed by atoms with van der Waals surface area (Å²) in [7, 11) is 1.89. The van der Waals surface area contributed by atoms with E-state index in [0.717, 1.165) is 43.3 Å². The van der Waals surface area contributed by atoms with Gasteiger partial charge in [0.25, 0.3) is 5.91 Å². The molecule has 5 nitrogen and oxygen atoms in total. The van der Waals surface area contributed by atoms with Crippen LogP contribution in [0.5, 0.6) is 0 Å². The minimum absolute atomic E-state index is 0.0314. The van der Waals surface area contributed by atoms with Crippen molar-refractivity contribution in [2.24, 2.45) is 7.05 Å². The van der Waals surface area contributed by atoms with Crippen LogP contribution in [0, 0.1) is 6.92 Å². The summed E-state index contributed by atoms with van der Waals surface area (Å²) in [6.45, 7) is 6.38. The van der Waals surface area contributed by atoms with Gasteiger partial charge in [0, 0.05) is 39.8 Å². The number of carbonyl (C=O) groups is 1. The van der Waals surface area contributed by atoms with Crippen LogP contribution < -0.4 is 0 Å². The van der Waals surface area contributed by atoms with Gasteiger partial charge in [-0.1, -0.05) is 30.3 Å². The molecule has 27 heavy (non-hydrogen) atoms. The molecule has 1 fully saturated rings. The van der Waals surface area contributed by atoms with Crippen molar-refractivity contribution in [3.8, 4) is 10.6 Å². The molecule has 0 N–H and O–H groups in total. The zero-order valence-electron chi connectivity index (χ0n) is 15.8. The fourth-order valence-electron chi connectivity index (χ4n) is 3.53. The smallest absolute Gasteiger partial charge is 0.274 e. The Morgan fingerprint density at radius 1 is 1.11 bits per heavy atom. The molecule has 0 aliphatic carbocycles. The van der Waals surface area contributed by atoms with E-state index in [2.05, 4.69) is 47.3 Å². The van der Waals surface area contributed by atoms with Crippen molar-refractivity contribution < 1.29 is 4.79 Å². The van der Waals surface area contributed by atoms with E-state index >= 15 is 0 Å². The summed E-state index contributed by atoms with van der Waals surface area (Å²) in [5, 5.41) is 6.50. The molecule has 3 heterocycles. The Hall–Kier alpha value is -2.44. The van der Waals surface area contributed by atoms with Gasteiger partial charge in [-0.3, -0.25) is 14.4 Å². The molecular weight excluding hydrogens is 356 g/mol. The summed E-state index contributed by atoms with van der Waals surface area (Å²) in [6.07, 6.45) is 0. The predicted octanol–water partition coefficient (Wildman–Crippen LogP) is 3.42. The summed E-state index contributed by atoms with van der Waals surface area (Å²) in [6, 6.07) is 14.5. The second-order valence-corrected chi connectivity index (χ2v) is 7.96. The van der Waals surface area contributed by atoms with E-state index in [9.17, 15) is 4.79 Å². The molecule has 0 bridgehead atoms. The van der Waals surface area contributed by atoms with Gasteiger partial charge in [0.15, 0.2) is 5.69 Å². The molecule has 140 valence electrons. The van der Waals surface area contributed by atoms with Crippen LogP contribution in [0.25, 0.3) is 10.6 Å². The highest BCUT2D eigenvalue weighted by Crippen LogP contribution is 2.25. The first kappa shape index (κ1) is 17.9. The maximum atomic E-state index is 12.9. The molecule has 0 saturated carbocycles. The normalized spacial score (nSPS) is 15.3. The Morgan fingerprint density at radius 2 is 1.89 bits per heavy atom. The Morgan fingerprint density at radius 3 is 2.59 bits per heavy atom. The van der Waals surface area contributed by atoms with Crippen molar-refractivity contribution in [1.82, 2.24) is 19.6 Å². The van der Waals surface area contributed by atoms with Gasteiger partial charge in [-0.05, 0) is 35.6 Å². The van der Waals surface area contributed by atoms with E-state index in [-0.39, 0.29) is 5.91 Å². The van der Waals surface area contributed by atoms with E-state index in [1.165, 1.54) is 11.1 Å². The lowest BCUT2D eigenvalue weighted by atomic mass is 10.1. The van der Waals surface area contributed by atoms with Crippen LogP contribution in [-0.4, -0.2) is 51.7 Å². The third kappa shape index (κ3) is 3.82. The highest BCUT2D eigenvalue weighted by atomic mass is 32.1. The van der Waals surface area contributed by atoms with Crippen molar-refractivity contribution in [3.63, 3.8) is 0 Å². The average molecular weight is 381 g/mol. The minimum Gasteiger partial charge on any atom is -0.335 e. The molecule has 1 aromatic carbocycles. The molecule has 6 heteroatoms. The molecule has 0 atom stereocenters. The topological polar surface area (TPSA) is 41.4 Å². The second kappa shape index (κ2) is 7.66. The molecule has 4 rings (SSSR count). The van der Waals surface area contributed by atoms with E-state index in [1.54, 1.807) is 16.0 Å². The highest BCUT2D eigenvalue weighted by molar-refractivity contribution is 7.13. The van der Waals surface area contributed by atoms with Crippen LogP contribution in [0.4, 0.5) is 0 Å². The van der Waals surface area contributed by atoms with Crippen LogP contribution in [0.2, 0.25) is 0 Å². The van der Waals surface area contributed by atoms with Gasteiger partial charge in [-0.25, -0.2) is 0 Å². The van der Waals surface area contributed by atoms with Crippen LogP contribution in [0.15, 0.2) is 47.8 Å². The molecule has 1 amide bonds. The predicted molar refractivity (Wildman–Crippen MR) is 109 cm³/mol. The summed E-state index contributed by atoms with van der Waals surface area (Å²) in [5.41, 5.74) is 4.22. The first-order valence-corrected chi connectivity index (χ1v) is 10.1. The SMILES string of the molecule is Cc1ccccc1CN1CCN(C(=O)c2cc(-c3cccs3)n(C)n2)CC1. The van der Waals surface area contributed by atoms with E-state index in [1.807, 2.05) is 29.5 Å². The molecule has 1 aliphatic heterocycles. The highest BCUT2D eigenvalue weighted by Gasteiger charge is 2.25. The number of hydrogen-bond donors (Lipinski definition) is 0. The number of aromatic nitrogens is 2. The fourth-order valence-corrected chi connectivity index (χ4v) is 4.30. The standard InChI is InChI=1S/C21H24N4OS/c1-16-6-3-4-7-17(16)15-24-9-11-25(12-10-24)21(26)18-14-19(23(2)22-18)20-8-5-13-27-20/h3-8,13-14H,9-12,15H2,1-2H3. The van der Waals surface area contributed by atoms with Gasteiger partial charge in [0.05, 0.1) is 10.6 Å². The Kier molecular flexibility index (Phi) is 5.09. The third-order valence-corrected chi connectivity index (χ3v) is 6.08. The van der Waals surface area contributed by atoms with Gasteiger partial charge < -0.3 is 4.90 Å². The number of amides is 1. The van der Waals surface area contributed by atoms with Crippen LogP contribution in [0.3, 0.4) is 0 Å². The number of nitrogens with zero attached hydrogens (tertiary/aromatic N) is 4. The third-order valence-electron chi connectivity index (χ3n) is 5.19. The zero-order chi connectivity index (χ0) is 18.8. The Balaban J connectivity index is 1.39. The molecule has 3 aromatic rings. The number of rotatable bonds is 4. The van der Waals surface area contributed by atoms with Crippen molar-refractivity contribution in [3.05, 3.63) is 64.7 Å². The monoisotopic (exact) mass is 380 g/mol. The van der Waals surface area contributed by atoms with Crippen LogP contribution in [0.1, 0.15) is 21.6 Å². The van der Waals surface area contributed by atoms with Crippen LogP contribution in [-0.2, 0) is 13.6 Å². The van der Waals surface area contributed by atoms with Gasteiger partial charge in [0.2, 0.25) is 0 Å². The van der Waals surface area contributed by atoms with E-state index in [4.69, 9.17) is 0 Å². The molecule has 1 aliphatic rings. The van der Waals surface area contributed by atoms with E-state index in [0.29, 0.717) is 5.69 Å². The lowest BCUT2D eigenvalue weighted by molar-refractivity contribution is 0.0621. The summed E-state index contributed by atoms with van der Waals surface area (Å²) < 4.78 is 1.80. The maximum Gasteiger partial charge on any atom is 0.274 e. The number of hydrogen-bond acceptors (Lipinski definition) is 4. The molecule has 2 aromatic heterocycles. The molecular formula is C21H24N4OS. The van der Waals surface area contributed by atoms with Gasteiger partial charge in [-0.2, -0.15) is 5.10 Å². The largest absolute Gasteiger partial charge is 0.335 e. The minimum atomic E-state index is 0.0314. The maximum absolute atomic E-state index is 12.9. The van der Waals surface area contributed by atoms with Gasteiger partial charge in [-0.15, -0.1) is 11.3 Å². The van der Waals surface area contributed by atoms with E-state index < -0.39 is 0 Å². The molecule has 0 unspecified atom stereocenters. The zero-order valence-corrected chi connectivity index (χ0v) is 16.6. The summed E-state index contributed by atoms with van der Waals surface area (Å²) in [4.78, 5) is 18.4. The summed E-state index contributed by atoms with van der Waals surface area (Å²) in [5.74, 6) is 0.0314. The van der Waals surface area contributed by atoms with Crippen molar-refractivity contribution >= 4 is 17.2 Å². The molecule has 0 radical (unpaired) electrons. The summed E-state index contributed by atoms with van der Waals surface area (Å²) >= 11 is 1.66. The number of piperazine rings is 1. The number of thiophene rings is 1. The van der Waals surface area contributed by atoms with Crippen molar-refractivity contribution in [2.75, 3.05) is 26.2 Å². The fraction of sp³-hybridized carbons (Fsp3) is 0.333. The van der Waals surface area contributed by atoms with Gasteiger partial charge >= 0.3 is 0 Å². The van der Waals surface area contributed by atoms with Crippen molar-refractivity contribution in [1.29, 1.82) is 0 Å². The van der Waals surface area contributed by atoms with Crippen LogP contribution >= 0.6 is 11.3 Å². The van der Waals surface area contributed by atoms with Crippen molar-refractivity contribution in [2.45, 2.75) is 13.5 Å². The quantitative estimate of drug-likeness (QED) is 0.696. The lowest BCUT2D eigenvalue weighted by Crippen LogP contribution is -2.48. The number of aryl methyl sites for hydroxylation is 2. The number of carbonyl (C=O) groups excluding carboxylic acids is 1. The Bertz CT molecular complexity index is 924. The first-order chi connectivity index (χ1) is 13.1.